The first-order chi connectivity index (χ1) is 23.1. The predicted octanol–water partition coefficient (Wildman–Crippen LogP) is 3.13. The standard InChI is InChI=1S/C34H43N9O5/c1-3-22-28(41-10-11-42(24-7-6-23(24)41)32(47)27-29(45)19(2)36-18-37-27)30(46)26(35)31(40-39-21-8-12-48-13-9-21)43(22)14-25(44)38-34-15-33(16-34,17-34)20-4-5-20/h8,18,20,23-24,45H,3-7,9-17,35H2,1-2H3,(H,38,44)/t23-,24-,33?,34?/m0/s1. The first kappa shape index (κ1) is 31.0. The molecule has 7 aliphatic rings. The molecule has 0 aromatic carbocycles. The molecule has 2 bridgehead atoms. The van der Waals surface area contributed by atoms with Crippen LogP contribution in [-0.4, -0.2) is 80.3 Å². The lowest BCUT2D eigenvalue weighted by Crippen LogP contribution is -2.75. The number of aryl methyl sites for hydroxylation is 1. The third-order valence-corrected chi connectivity index (χ3v) is 11.7. The number of ether oxygens (including phenoxy) is 1. The molecule has 4 N–H and O–H groups in total. The largest absolute Gasteiger partial charge is 0.504 e. The second-order valence-electron chi connectivity index (χ2n) is 14.6. The minimum absolute atomic E-state index is 0.0189. The molecule has 0 radical (unpaired) electrons. The number of nitrogens with zero attached hydrogens (tertiary/aromatic N) is 7. The number of hydrogen-bond donors (Lipinski definition) is 3. The molecule has 14 nitrogen and oxygen atoms in total. The Balaban J connectivity index is 1.11. The van der Waals surface area contributed by atoms with Crippen LogP contribution in [-0.2, 0) is 22.5 Å². The number of aromatic hydroxyl groups is 1. The van der Waals surface area contributed by atoms with Crippen LogP contribution in [0.3, 0.4) is 0 Å². The van der Waals surface area contributed by atoms with Crippen molar-refractivity contribution in [3.63, 3.8) is 0 Å². The van der Waals surface area contributed by atoms with Crippen molar-refractivity contribution in [2.75, 3.05) is 36.9 Å². The monoisotopic (exact) mass is 657 g/mol. The fraction of sp³-hybridized carbons (Fsp3) is 0.618. The fourth-order valence-corrected chi connectivity index (χ4v) is 9.05. The fourth-order valence-electron chi connectivity index (χ4n) is 9.05. The molecule has 48 heavy (non-hydrogen) atoms. The van der Waals surface area contributed by atoms with E-state index < -0.39 is 0 Å². The number of nitrogens with two attached hydrogens (primary N) is 1. The van der Waals surface area contributed by atoms with E-state index in [2.05, 4.69) is 30.4 Å². The van der Waals surface area contributed by atoms with Crippen molar-refractivity contribution in [2.45, 2.75) is 95.8 Å². The molecular formula is C34H43N9O5. The minimum atomic E-state index is -0.355. The highest BCUT2D eigenvalue weighted by Crippen LogP contribution is 2.75. The molecule has 5 saturated carbocycles. The van der Waals surface area contributed by atoms with Gasteiger partial charge in [0.25, 0.3) is 5.91 Å². The van der Waals surface area contributed by atoms with Gasteiger partial charge in [0, 0.05) is 36.8 Å². The van der Waals surface area contributed by atoms with Gasteiger partial charge in [0.05, 0.1) is 30.6 Å². The Bertz CT molecular complexity index is 1790. The topological polar surface area (TPSA) is 181 Å². The number of nitrogens with one attached hydrogen (secondary N) is 1. The molecule has 254 valence electrons. The Labute approximate surface area is 278 Å². The highest BCUT2D eigenvalue weighted by Gasteiger charge is 2.72. The molecule has 0 spiro atoms. The van der Waals surface area contributed by atoms with Crippen molar-refractivity contribution >= 4 is 29.0 Å². The summed E-state index contributed by atoms with van der Waals surface area (Å²) < 4.78 is 7.18. The number of anilines is 2. The summed E-state index contributed by atoms with van der Waals surface area (Å²) in [6, 6.07) is -0.308. The van der Waals surface area contributed by atoms with Crippen LogP contribution < -0.4 is 21.4 Å². The highest BCUT2D eigenvalue weighted by atomic mass is 16.5. The van der Waals surface area contributed by atoms with Gasteiger partial charge in [-0.05, 0) is 75.7 Å². The molecule has 0 unspecified atom stereocenters. The van der Waals surface area contributed by atoms with E-state index in [4.69, 9.17) is 10.5 Å². The van der Waals surface area contributed by atoms with Gasteiger partial charge in [0.1, 0.15) is 24.2 Å². The number of nitrogen functional groups attached to an aromatic ring is 1. The van der Waals surface area contributed by atoms with Crippen molar-refractivity contribution in [1.29, 1.82) is 0 Å². The Hall–Kier alpha value is -4.33. The summed E-state index contributed by atoms with van der Waals surface area (Å²) in [5.41, 5.74) is 8.73. The summed E-state index contributed by atoms with van der Waals surface area (Å²) in [7, 11) is 0. The number of rotatable bonds is 9. The zero-order valence-electron chi connectivity index (χ0n) is 27.6. The van der Waals surface area contributed by atoms with E-state index in [9.17, 15) is 19.5 Å². The second kappa shape index (κ2) is 11.4. The first-order valence-corrected chi connectivity index (χ1v) is 17.3. The maximum Gasteiger partial charge on any atom is 0.276 e. The molecule has 1 saturated heterocycles. The molecule has 2 aromatic rings. The smallest absolute Gasteiger partial charge is 0.276 e. The number of piperazine rings is 1. The molecule has 4 heterocycles. The number of hydrogen-bond acceptors (Lipinski definition) is 11. The van der Waals surface area contributed by atoms with Crippen LogP contribution in [0.4, 0.5) is 17.2 Å². The van der Waals surface area contributed by atoms with Crippen LogP contribution >= 0.6 is 0 Å². The summed E-state index contributed by atoms with van der Waals surface area (Å²) in [6.45, 7) is 5.24. The van der Waals surface area contributed by atoms with Gasteiger partial charge in [0.2, 0.25) is 11.3 Å². The van der Waals surface area contributed by atoms with Gasteiger partial charge in [0.15, 0.2) is 17.3 Å². The molecule has 5 aliphatic carbocycles. The van der Waals surface area contributed by atoms with Crippen molar-refractivity contribution in [3.05, 3.63) is 45.4 Å². The van der Waals surface area contributed by atoms with Crippen LogP contribution in [0, 0.1) is 18.3 Å². The number of amides is 2. The lowest BCUT2D eigenvalue weighted by atomic mass is 9.37. The third-order valence-electron chi connectivity index (χ3n) is 11.7. The van der Waals surface area contributed by atoms with Crippen molar-refractivity contribution in [2.24, 2.45) is 21.6 Å². The summed E-state index contributed by atoms with van der Waals surface area (Å²) in [5, 5.41) is 22.8. The summed E-state index contributed by atoms with van der Waals surface area (Å²) in [5.74, 6) is 0.320. The predicted molar refractivity (Wildman–Crippen MR) is 176 cm³/mol. The third kappa shape index (κ3) is 4.89. The average Bonchev–Trinajstić information content (AvgIpc) is 3.87. The van der Waals surface area contributed by atoms with Crippen LogP contribution in [0.2, 0.25) is 0 Å². The van der Waals surface area contributed by atoms with Gasteiger partial charge in [-0.3, -0.25) is 14.4 Å². The van der Waals surface area contributed by atoms with Gasteiger partial charge >= 0.3 is 0 Å². The average molecular weight is 658 g/mol. The van der Waals surface area contributed by atoms with E-state index in [0.717, 1.165) is 43.7 Å². The molecule has 9 rings (SSSR count). The van der Waals surface area contributed by atoms with Gasteiger partial charge in [-0.2, -0.15) is 5.11 Å². The zero-order valence-corrected chi connectivity index (χ0v) is 27.6. The Morgan fingerprint density at radius 3 is 2.56 bits per heavy atom. The molecule has 2 aromatic heterocycles. The normalized spacial score (nSPS) is 29.0. The lowest BCUT2D eigenvalue weighted by Gasteiger charge is -2.71. The van der Waals surface area contributed by atoms with Gasteiger partial charge in [-0.25, -0.2) is 9.97 Å². The number of carbonyl (C=O) groups is 2. The number of aromatic nitrogens is 3. The molecule has 2 amide bonds. The highest BCUT2D eigenvalue weighted by molar-refractivity contribution is 5.95. The second-order valence-corrected chi connectivity index (χ2v) is 14.6. The van der Waals surface area contributed by atoms with Crippen molar-refractivity contribution in [1.82, 2.24) is 24.8 Å². The van der Waals surface area contributed by atoms with E-state index in [0.29, 0.717) is 61.6 Å². The first-order valence-electron chi connectivity index (χ1n) is 17.3. The van der Waals surface area contributed by atoms with E-state index >= 15 is 0 Å². The Morgan fingerprint density at radius 2 is 1.90 bits per heavy atom. The van der Waals surface area contributed by atoms with Crippen molar-refractivity contribution < 1.29 is 19.4 Å². The molecular weight excluding hydrogens is 614 g/mol. The van der Waals surface area contributed by atoms with Gasteiger partial charge < -0.3 is 35.3 Å². The Morgan fingerprint density at radius 1 is 1.12 bits per heavy atom. The van der Waals surface area contributed by atoms with Gasteiger partial charge in [-0.1, -0.05) is 6.92 Å². The maximum atomic E-state index is 14.2. The molecule has 6 fully saturated rings. The zero-order chi connectivity index (χ0) is 33.4. The van der Waals surface area contributed by atoms with Crippen molar-refractivity contribution in [3.8, 4) is 5.75 Å². The Kier molecular flexibility index (Phi) is 7.35. The van der Waals surface area contributed by atoms with E-state index in [1.807, 2.05) is 13.0 Å². The molecule has 14 heteroatoms. The lowest BCUT2D eigenvalue weighted by molar-refractivity contribution is -0.176. The van der Waals surface area contributed by atoms with Crippen LogP contribution in [0.15, 0.2) is 33.1 Å². The van der Waals surface area contributed by atoms with E-state index in [-0.39, 0.29) is 64.4 Å². The van der Waals surface area contributed by atoms with E-state index in [1.54, 1.807) is 16.4 Å². The number of fused-ring (bicyclic) bond motifs is 1. The van der Waals surface area contributed by atoms with Crippen LogP contribution in [0.5, 0.6) is 5.75 Å². The molecule has 2 aliphatic heterocycles. The number of pyridine rings is 1. The van der Waals surface area contributed by atoms with E-state index in [1.165, 1.54) is 19.2 Å². The number of carbonyl (C=O) groups excluding carboxylic acids is 2. The maximum absolute atomic E-state index is 14.2. The quantitative estimate of drug-likeness (QED) is 0.342. The number of azo groups is 1. The van der Waals surface area contributed by atoms with Crippen LogP contribution in [0.1, 0.15) is 80.2 Å². The minimum Gasteiger partial charge on any atom is -0.504 e. The summed E-state index contributed by atoms with van der Waals surface area (Å²) >= 11 is 0. The summed E-state index contributed by atoms with van der Waals surface area (Å²) in [4.78, 5) is 53.4. The van der Waals surface area contributed by atoms with Gasteiger partial charge in [-0.15, -0.1) is 5.11 Å². The van der Waals surface area contributed by atoms with Crippen LogP contribution in [0.25, 0.3) is 0 Å². The molecule has 2 atom stereocenters. The SMILES string of the molecule is CCc1c(N2CCN(C(=O)c3ncnc(C)c3O)[C@H]3CC[C@@H]32)c(=O)c(N)c(N=NC2=CCOCC2)n1CC(=O)NC12CC(C3CC3)(C1)C2. The summed E-state index contributed by atoms with van der Waals surface area (Å²) in [6.07, 6.45) is 11.5.